The predicted molar refractivity (Wildman–Crippen MR) is 84.2 cm³/mol. The summed E-state index contributed by atoms with van der Waals surface area (Å²) in [5.74, 6) is 2.73. The summed E-state index contributed by atoms with van der Waals surface area (Å²) < 4.78 is 4.61. The Morgan fingerprint density at radius 1 is 1.21 bits per heavy atom. The van der Waals surface area contributed by atoms with Gasteiger partial charge in [0.25, 0.3) is 0 Å². The Morgan fingerprint density at radius 2 is 2.00 bits per heavy atom. The van der Waals surface area contributed by atoms with E-state index in [1.165, 1.54) is 16.7 Å². The minimum atomic E-state index is 0.577. The molecule has 98 valence electrons. The van der Waals surface area contributed by atoms with Crippen molar-refractivity contribution in [1.82, 2.24) is 4.90 Å². The molecule has 0 fully saturated rings. The molecule has 1 aromatic rings. The van der Waals surface area contributed by atoms with Crippen LogP contribution in [0.1, 0.15) is 30.9 Å². The maximum absolute atomic E-state index is 4.61. The molecule has 0 atom stereocenters. The van der Waals surface area contributed by atoms with Crippen LogP contribution in [-0.2, 0) is 0 Å². The van der Waals surface area contributed by atoms with E-state index in [1.54, 1.807) is 11.9 Å². The number of nitrogens with zero attached hydrogens (tertiary/aromatic N) is 2. The lowest BCUT2D eigenvalue weighted by Gasteiger charge is -2.29. The van der Waals surface area contributed by atoms with E-state index in [0.717, 1.165) is 18.1 Å². The van der Waals surface area contributed by atoms with E-state index in [1.807, 2.05) is 0 Å². The molecule has 0 unspecified atom stereocenters. The maximum Gasteiger partial charge on any atom is 0.148 e. The zero-order valence-electron chi connectivity index (χ0n) is 11.3. The van der Waals surface area contributed by atoms with E-state index >= 15 is 0 Å². The number of hydrogen-bond acceptors (Lipinski definition) is 3. The highest BCUT2D eigenvalue weighted by Crippen LogP contribution is 2.28. The second-order valence-electron chi connectivity index (χ2n) is 5.14. The summed E-state index contributed by atoms with van der Waals surface area (Å²) in [4.78, 5) is 2.24. The molecular formula is C16H18N2S. The first-order chi connectivity index (χ1) is 9.25. The van der Waals surface area contributed by atoms with Gasteiger partial charge in [-0.15, -0.1) is 0 Å². The third-order valence-corrected chi connectivity index (χ3v) is 4.17. The standard InChI is InChI=1S/C16H18N2S/c1-12(2)13-5-7-14(8-6-13)15-4-3-9-18-10-11-19-17-16(15)18/h3-9,12H,10-11H2,1-2H3. The molecule has 0 amide bonds. The zero-order chi connectivity index (χ0) is 13.2. The Labute approximate surface area is 119 Å². The van der Waals surface area contributed by atoms with Crippen LogP contribution < -0.4 is 0 Å². The first-order valence-corrected chi connectivity index (χ1v) is 7.66. The SMILES string of the molecule is CC(C)c1ccc(C2=CC=CN3CCSN=C23)cc1. The Hall–Kier alpha value is -1.48. The van der Waals surface area contributed by atoms with Gasteiger partial charge in [0.15, 0.2) is 0 Å². The molecule has 0 aliphatic carbocycles. The molecule has 2 nitrogen and oxygen atoms in total. The second kappa shape index (κ2) is 5.25. The topological polar surface area (TPSA) is 15.6 Å². The fourth-order valence-corrected chi connectivity index (χ4v) is 3.04. The van der Waals surface area contributed by atoms with Gasteiger partial charge in [-0.2, -0.15) is 4.40 Å². The van der Waals surface area contributed by atoms with Gasteiger partial charge >= 0.3 is 0 Å². The Morgan fingerprint density at radius 3 is 2.74 bits per heavy atom. The molecular weight excluding hydrogens is 252 g/mol. The highest BCUT2D eigenvalue weighted by atomic mass is 32.2. The van der Waals surface area contributed by atoms with Crippen molar-refractivity contribution in [3.63, 3.8) is 0 Å². The molecule has 0 spiro atoms. The number of fused-ring (bicyclic) bond motifs is 1. The summed E-state index contributed by atoms with van der Waals surface area (Å²) in [7, 11) is 0. The number of allylic oxidation sites excluding steroid dienone is 2. The Bertz CT molecular complexity index is 553. The van der Waals surface area contributed by atoms with Crippen LogP contribution in [0.25, 0.3) is 5.57 Å². The number of rotatable bonds is 2. The second-order valence-corrected chi connectivity index (χ2v) is 5.99. The van der Waals surface area contributed by atoms with Gasteiger partial charge < -0.3 is 4.90 Å². The summed E-state index contributed by atoms with van der Waals surface area (Å²) >= 11 is 1.66. The van der Waals surface area contributed by atoms with Crippen molar-refractivity contribution in [2.45, 2.75) is 19.8 Å². The predicted octanol–water partition coefficient (Wildman–Crippen LogP) is 4.08. The van der Waals surface area contributed by atoms with Crippen LogP contribution in [0.15, 0.2) is 47.0 Å². The molecule has 3 heteroatoms. The van der Waals surface area contributed by atoms with Crippen LogP contribution in [-0.4, -0.2) is 23.0 Å². The van der Waals surface area contributed by atoms with Gasteiger partial charge in [-0.05, 0) is 41.1 Å². The van der Waals surface area contributed by atoms with Crippen LogP contribution in [0.3, 0.4) is 0 Å². The van der Waals surface area contributed by atoms with E-state index < -0.39 is 0 Å². The van der Waals surface area contributed by atoms with E-state index in [4.69, 9.17) is 0 Å². The summed E-state index contributed by atoms with van der Waals surface area (Å²) in [5.41, 5.74) is 3.86. The van der Waals surface area contributed by atoms with Gasteiger partial charge in [-0.1, -0.05) is 38.1 Å². The van der Waals surface area contributed by atoms with Crippen molar-refractivity contribution in [3.05, 3.63) is 53.7 Å². The van der Waals surface area contributed by atoms with Crippen molar-refractivity contribution >= 4 is 23.4 Å². The largest absolute Gasteiger partial charge is 0.331 e. The molecule has 0 saturated carbocycles. The quantitative estimate of drug-likeness (QED) is 0.752. The molecule has 0 saturated heterocycles. The summed E-state index contributed by atoms with van der Waals surface area (Å²) in [6.45, 7) is 5.49. The third kappa shape index (κ3) is 2.47. The van der Waals surface area contributed by atoms with Crippen molar-refractivity contribution in [1.29, 1.82) is 0 Å². The molecule has 0 N–H and O–H groups in total. The van der Waals surface area contributed by atoms with Crippen LogP contribution in [0.5, 0.6) is 0 Å². The van der Waals surface area contributed by atoms with E-state index in [-0.39, 0.29) is 0 Å². The molecule has 19 heavy (non-hydrogen) atoms. The van der Waals surface area contributed by atoms with Crippen molar-refractivity contribution in [2.75, 3.05) is 12.3 Å². The summed E-state index contributed by atoms with van der Waals surface area (Å²) in [6, 6.07) is 8.86. The fourth-order valence-electron chi connectivity index (χ4n) is 2.34. The molecule has 2 heterocycles. The Balaban J connectivity index is 1.94. The van der Waals surface area contributed by atoms with E-state index in [2.05, 4.69) is 65.8 Å². The molecule has 1 aromatic carbocycles. The number of hydrogen-bond donors (Lipinski definition) is 0. The third-order valence-electron chi connectivity index (χ3n) is 3.50. The average molecular weight is 270 g/mol. The van der Waals surface area contributed by atoms with Gasteiger partial charge in [0, 0.05) is 24.1 Å². The van der Waals surface area contributed by atoms with Gasteiger partial charge in [0.05, 0.1) is 0 Å². The maximum atomic E-state index is 4.61. The van der Waals surface area contributed by atoms with Gasteiger partial charge in [0.2, 0.25) is 0 Å². The lowest BCUT2D eigenvalue weighted by atomic mass is 9.97. The molecule has 2 aliphatic rings. The number of benzene rings is 1. The summed E-state index contributed by atoms with van der Waals surface area (Å²) in [5, 5.41) is 0. The van der Waals surface area contributed by atoms with E-state index in [0.29, 0.717) is 5.92 Å². The van der Waals surface area contributed by atoms with Crippen LogP contribution >= 0.6 is 11.9 Å². The van der Waals surface area contributed by atoms with Crippen molar-refractivity contribution < 1.29 is 0 Å². The monoisotopic (exact) mass is 270 g/mol. The minimum absolute atomic E-state index is 0.577. The minimum Gasteiger partial charge on any atom is -0.331 e. The zero-order valence-corrected chi connectivity index (χ0v) is 12.2. The van der Waals surface area contributed by atoms with Crippen LogP contribution in [0.4, 0.5) is 0 Å². The molecule has 0 bridgehead atoms. The van der Waals surface area contributed by atoms with Crippen LogP contribution in [0, 0.1) is 0 Å². The first kappa shape index (κ1) is 12.5. The van der Waals surface area contributed by atoms with Crippen molar-refractivity contribution in [2.24, 2.45) is 4.40 Å². The lowest BCUT2D eigenvalue weighted by molar-refractivity contribution is 0.594. The lowest BCUT2D eigenvalue weighted by Crippen LogP contribution is -2.32. The smallest absolute Gasteiger partial charge is 0.148 e. The highest BCUT2D eigenvalue weighted by molar-refractivity contribution is 7.98. The first-order valence-electron chi connectivity index (χ1n) is 6.71. The highest BCUT2D eigenvalue weighted by Gasteiger charge is 2.21. The van der Waals surface area contributed by atoms with Crippen LogP contribution in [0.2, 0.25) is 0 Å². The Kier molecular flexibility index (Phi) is 3.47. The van der Waals surface area contributed by atoms with Gasteiger partial charge in [-0.25, -0.2) is 0 Å². The summed E-state index contributed by atoms with van der Waals surface area (Å²) in [6.07, 6.45) is 6.39. The number of amidine groups is 1. The fraction of sp³-hybridized carbons (Fsp3) is 0.312. The molecule has 2 aliphatic heterocycles. The average Bonchev–Trinajstić information content (AvgIpc) is 2.47. The van der Waals surface area contributed by atoms with E-state index in [9.17, 15) is 0 Å². The van der Waals surface area contributed by atoms with Gasteiger partial charge in [0.1, 0.15) is 5.84 Å². The normalized spacial score (nSPS) is 18.2. The molecule has 0 radical (unpaired) electrons. The van der Waals surface area contributed by atoms with Gasteiger partial charge in [-0.3, -0.25) is 0 Å². The molecule has 0 aromatic heterocycles. The molecule has 3 rings (SSSR count). The van der Waals surface area contributed by atoms with Crippen molar-refractivity contribution in [3.8, 4) is 0 Å².